The summed E-state index contributed by atoms with van der Waals surface area (Å²) in [5.74, 6) is 1.97. The van der Waals surface area contributed by atoms with Crippen molar-refractivity contribution in [3.8, 4) is 0 Å². The minimum Gasteiger partial charge on any atom is -0.389 e. The normalized spacial score (nSPS) is 12.2. The highest BCUT2D eigenvalue weighted by molar-refractivity contribution is 7.98. The number of hydrogen-bond donors (Lipinski definition) is 1. The third-order valence-electron chi connectivity index (χ3n) is 2.46. The van der Waals surface area contributed by atoms with Crippen LogP contribution in [-0.4, -0.2) is 35.1 Å². The van der Waals surface area contributed by atoms with Crippen LogP contribution >= 0.6 is 24.0 Å². The summed E-state index contributed by atoms with van der Waals surface area (Å²) in [4.78, 5) is 6.88. The molecule has 88 valence electrons. The second-order valence-corrected chi connectivity index (χ2v) is 5.03. The van der Waals surface area contributed by atoms with Crippen LogP contribution < -0.4 is 10.6 Å². The van der Waals surface area contributed by atoms with Gasteiger partial charge in [-0.3, -0.25) is 0 Å². The van der Waals surface area contributed by atoms with Gasteiger partial charge in [0.2, 0.25) is 0 Å². The number of hydrogen-bond acceptors (Lipinski definition) is 4. The maximum absolute atomic E-state index is 5.60. The fourth-order valence-corrected chi connectivity index (χ4v) is 2.18. The number of nitrogens with two attached hydrogens (primary N) is 1. The zero-order valence-corrected chi connectivity index (χ0v) is 11.4. The van der Waals surface area contributed by atoms with Crippen molar-refractivity contribution in [2.45, 2.75) is 13.0 Å². The molecule has 16 heavy (non-hydrogen) atoms. The number of aromatic nitrogens is 1. The second kappa shape index (κ2) is 6.06. The van der Waals surface area contributed by atoms with Crippen molar-refractivity contribution in [2.75, 3.05) is 24.0 Å². The van der Waals surface area contributed by atoms with Crippen LogP contribution in [0.2, 0.25) is 0 Å². The van der Waals surface area contributed by atoms with E-state index >= 15 is 0 Å². The zero-order chi connectivity index (χ0) is 12.1. The average molecular weight is 255 g/mol. The Bertz CT molecular complexity index is 368. The Balaban J connectivity index is 2.86. The maximum Gasteiger partial charge on any atom is 0.129 e. The molecule has 0 aliphatic carbocycles. The number of rotatable bonds is 5. The van der Waals surface area contributed by atoms with Gasteiger partial charge in [-0.15, -0.1) is 0 Å². The molecule has 0 saturated heterocycles. The minimum atomic E-state index is 0.412. The molecule has 1 aromatic heterocycles. The van der Waals surface area contributed by atoms with Gasteiger partial charge in [0.25, 0.3) is 0 Å². The van der Waals surface area contributed by atoms with Crippen molar-refractivity contribution in [2.24, 2.45) is 5.73 Å². The lowest BCUT2D eigenvalue weighted by Crippen LogP contribution is -2.31. The van der Waals surface area contributed by atoms with Gasteiger partial charge >= 0.3 is 0 Å². The first-order valence-corrected chi connectivity index (χ1v) is 6.84. The smallest absolute Gasteiger partial charge is 0.129 e. The van der Waals surface area contributed by atoms with Crippen molar-refractivity contribution in [1.82, 2.24) is 4.98 Å². The molecular weight excluding hydrogens is 238 g/mol. The number of thiocarbonyl (C=S) groups is 1. The van der Waals surface area contributed by atoms with Gasteiger partial charge < -0.3 is 10.6 Å². The van der Waals surface area contributed by atoms with Crippen LogP contribution in [0.1, 0.15) is 12.5 Å². The Hall–Kier alpha value is -0.810. The largest absolute Gasteiger partial charge is 0.389 e. The Labute approximate surface area is 106 Å². The molecule has 3 nitrogen and oxygen atoms in total. The third kappa shape index (κ3) is 3.35. The molecular formula is C11H17N3S2. The van der Waals surface area contributed by atoms with E-state index in [4.69, 9.17) is 18.0 Å². The predicted octanol–water partition coefficient (Wildman–Crippen LogP) is 1.90. The summed E-state index contributed by atoms with van der Waals surface area (Å²) in [6.07, 6.45) is 3.84. The highest BCUT2D eigenvalue weighted by Crippen LogP contribution is 2.15. The number of thioether (sulfide) groups is 1. The van der Waals surface area contributed by atoms with Crippen LogP contribution in [0.4, 0.5) is 5.82 Å². The lowest BCUT2D eigenvalue weighted by molar-refractivity contribution is 0.753. The third-order valence-corrected chi connectivity index (χ3v) is 3.51. The summed E-state index contributed by atoms with van der Waals surface area (Å²) >= 11 is 6.78. The zero-order valence-electron chi connectivity index (χ0n) is 9.80. The van der Waals surface area contributed by atoms with E-state index in [2.05, 4.69) is 23.1 Å². The van der Waals surface area contributed by atoms with Crippen LogP contribution in [0.15, 0.2) is 18.3 Å². The van der Waals surface area contributed by atoms with E-state index in [0.29, 0.717) is 11.0 Å². The molecule has 2 N–H and O–H groups in total. The summed E-state index contributed by atoms with van der Waals surface area (Å²) in [6, 6.07) is 4.20. The van der Waals surface area contributed by atoms with Crippen molar-refractivity contribution < 1.29 is 0 Å². The topological polar surface area (TPSA) is 42.1 Å². The molecule has 0 saturated carbocycles. The standard InChI is InChI=1S/C11H17N3S2/c1-8(7-16-3)14(2)10-6-9(11(12)15)4-5-13-10/h4-6,8H,7H2,1-3H3,(H2,12,15). The molecule has 0 spiro atoms. The quantitative estimate of drug-likeness (QED) is 0.814. The summed E-state index contributed by atoms with van der Waals surface area (Å²) in [7, 11) is 2.03. The second-order valence-electron chi connectivity index (χ2n) is 3.68. The van der Waals surface area contributed by atoms with Gasteiger partial charge in [0.1, 0.15) is 10.8 Å². The Morgan fingerprint density at radius 3 is 2.94 bits per heavy atom. The molecule has 1 aromatic rings. The van der Waals surface area contributed by atoms with Crippen molar-refractivity contribution in [1.29, 1.82) is 0 Å². The van der Waals surface area contributed by atoms with Gasteiger partial charge in [0.15, 0.2) is 0 Å². The van der Waals surface area contributed by atoms with Crippen LogP contribution in [0.3, 0.4) is 0 Å². The number of anilines is 1. The average Bonchev–Trinajstić information content (AvgIpc) is 2.28. The Morgan fingerprint density at radius 2 is 2.38 bits per heavy atom. The number of nitrogens with zero attached hydrogens (tertiary/aromatic N) is 2. The van der Waals surface area contributed by atoms with E-state index < -0.39 is 0 Å². The molecule has 1 unspecified atom stereocenters. The van der Waals surface area contributed by atoms with Crippen LogP contribution in [0, 0.1) is 0 Å². The fraction of sp³-hybridized carbons (Fsp3) is 0.455. The van der Waals surface area contributed by atoms with Gasteiger partial charge in [-0.05, 0) is 25.3 Å². The van der Waals surface area contributed by atoms with Crippen molar-refractivity contribution in [3.05, 3.63) is 23.9 Å². The highest BCUT2D eigenvalue weighted by atomic mass is 32.2. The van der Waals surface area contributed by atoms with E-state index in [1.165, 1.54) is 0 Å². The molecule has 0 fully saturated rings. The Kier molecular flexibility index (Phi) is 5.02. The molecule has 0 amide bonds. The molecule has 0 bridgehead atoms. The molecule has 1 atom stereocenters. The van der Waals surface area contributed by atoms with Crippen LogP contribution in [0.25, 0.3) is 0 Å². The molecule has 0 aliphatic heterocycles. The minimum absolute atomic E-state index is 0.412. The number of pyridine rings is 1. The first-order valence-electron chi connectivity index (χ1n) is 5.04. The van der Waals surface area contributed by atoms with Crippen LogP contribution in [0.5, 0.6) is 0 Å². The van der Waals surface area contributed by atoms with Crippen molar-refractivity contribution in [3.63, 3.8) is 0 Å². The SMILES string of the molecule is CSCC(C)N(C)c1cc(C(N)=S)ccn1. The molecule has 1 rings (SSSR count). The van der Waals surface area contributed by atoms with Crippen LogP contribution in [-0.2, 0) is 0 Å². The lowest BCUT2D eigenvalue weighted by Gasteiger charge is -2.25. The summed E-state index contributed by atoms with van der Waals surface area (Å²) < 4.78 is 0. The summed E-state index contributed by atoms with van der Waals surface area (Å²) in [5.41, 5.74) is 6.46. The fourth-order valence-electron chi connectivity index (χ4n) is 1.34. The Morgan fingerprint density at radius 1 is 1.69 bits per heavy atom. The first-order chi connectivity index (χ1) is 7.56. The van der Waals surface area contributed by atoms with E-state index in [0.717, 1.165) is 17.1 Å². The van der Waals surface area contributed by atoms with Gasteiger partial charge in [-0.2, -0.15) is 11.8 Å². The van der Waals surface area contributed by atoms with Gasteiger partial charge in [-0.25, -0.2) is 4.98 Å². The monoisotopic (exact) mass is 255 g/mol. The van der Waals surface area contributed by atoms with E-state index in [1.54, 1.807) is 6.20 Å². The van der Waals surface area contributed by atoms with Gasteiger partial charge in [0, 0.05) is 30.6 Å². The first kappa shape index (κ1) is 13.3. The molecule has 0 radical (unpaired) electrons. The lowest BCUT2D eigenvalue weighted by atomic mass is 10.2. The molecule has 1 heterocycles. The van der Waals surface area contributed by atoms with E-state index in [-0.39, 0.29) is 0 Å². The molecule has 0 aromatic carbocycles. The van der Waals surface area contributed by atoms with Gasteiger partial charge in [0.05, 0.1) is 0 Å². The van der Waals surface area contributed by atoms with Crippen molar-refractivity contribution >= 4 is 34.8 Å². The summed E-state index contributed by atoms with van der Waals surface area (Å²) in [5, 5.41) is 0. The van der Waals surface area contributed by atoms with E-state index in [1.807, 2.05) is 30.9 Å². The molecule has 5 heteroatoms. The maximum atomic E-state index is 5.60. The predicted molar refractivity (Wildman–Crippen MR) is 76.4 cm³/mol. The molecule has 0 aliphatic rings. The van der Waals surface area contributed by atoms with Gasteiger partial charge in [-0.1, -0.05) is 12.2 Å². The van der Waals surface area contributed by atoms with E-state index in [9.17, 15) is 0 Å². The highest BCUT2D eigenvalue weighted by Gasteiger charge is 2.11. The summed E-state index contributed by atoms with van der Waals surface area (Å²) in [6.45, 7) is 2.17.